The minimum absolute atomic E-state index is 0.241. The van der Waals surface area contributed by atoms with Crippen molar-refractivity contribution in [3.63, 3.8) is 0 Å². The molecule has 2 aliphatic heterocycles. The molecule has 0 atom stereocenters. The first kappa shape index (κ1) is 28.9. The highest BCUT2D eigenvalue weighted by Gasteiger charge is 2.29. The molecule has 0 aliphatic carbocycles. The number of aromatic nitrogens is 3. The molecule has 2 aliphatic rings. The van der Waals surface area contributed by atoms with Gasteiger partial charge in [-0.1, -0.05) is 35.5 Å². The summed E-state index contributed by atoms with van der Waals surface area (Å²) in [5, 5.41) is 10.1. The molecule has 0 unspecified atom stereocenters. The minimum atomic E-state index is -0.425. The van der Waals surface area contributed by atoms with Crippen molar-refractivity contribution in [3.05, 3.63) is 95.9 Å². The maximum absolute atomic E-state index is 13.2. The predicted molar refractivity (Wildman–Crippen MR) is 171 cm³/mol. The van der Waals surface area contributed by atoms with Gasteiger partial charge in [0.25, 0.3) is 0 Å². The van der Waals surface area contributed by atoms with Crippen LogP contribution >= 0.6 is 0 Å². The fourth-order valence-corrected chi connectivity index (χ4v) is 5.96. The number of piperidine rings is 1. The van der Waals surface area contributed by atoms with Crippen LogP contribution in [-0.4, -0.2) is 65.4 Å². The Bertz CT molecular complexity index is 1750. The summed E-state index contributed by atoms with van der Waals surface area (Å²) in [7, 11) is 0. The van der Waals surface area contributed by atoms with E-state index >= 15 is 0 Å². The fourth-order valence-electron chi connectivity index (χ4n) is 5.96. The molecule has 2 fully saturated rings. The van der Waals surface area contributed by atoms with Crippen molar-refractivity contribution >= 4 is 34.3 Å². The van der Waals surface area contributed by atoms with E-state index < -0.39 is 6.03 Å². The van der Waals surface area contributed by atoms with E-state index in [4.69, 9.17) is 19.2 Å². The molecule has 0 bridgehead atoms. The zero-order chi connectivity index (χ0) is 30.6. The molecule has 10 nitrogen and oxygen atoms in total. The molecular formula is C34H34FN7O3. The first-order chi connectivity index (χ1) is 22.1. The Hall–Kier alpha value is -4.87. The monoisotopic (exact) mass is 607 g/mol. The number of halogens is 1. The third-order valence-corrected chi connectivity index (χ3v) is 8.36. The van der Waals surface area contributed by atoms with Gasteiger partial charge in [0.15, 0.2) is 11.6 Å². The van der Waals surface area contributed by atoms with Crippen LogP contribution in [0.15, 0.2) is 83.4 Å². The Morgan fingerprint density at radius 2 is 1.51 bits per heavy atom. The summed E-state index contributed by atoms with van der Waals surface area (Å²) in [6, 6.07) is 23.1. The van der Waals surface area contributed by atoms with Crippen molar-refractivity contribution in [2.24, 2.45) is 0 Å². The fraction of sp³-hybridized carbons (Fsp3) is 0.294. The third kappa shape index (κ3) is 6.64. The molecule has 11 heteroatoms. The summed E-state index contributed by atoms with van der Waals surface area (Å²) in [6.45, 7) is 5.52. The maximum atomic E-state index is 13.2. The van der Waals surface area contributed by atoms with Crippen LogP contribution in [0.4, 0.5) is 26.4 Å². The molecule has 230 valence electrons. The van der Waals surface area contributed by atoms with Gasteiger partial charge in [-0.15, -0.1) is 0 Å². The number of hydrogen-bond acceptors (Lipinski definition) is 8. The Morgan fingerprint density at radius 3 is 2.20 bits per heavy atom. The third-order valence-electron chi connectivity index (χ3n) is 8.36. The molecule has 3 aromatic carbocycles. The van der Waals surface area contributed by atoms with E-state index in [1.165, 1.54) is 29.8 Å². The van der Waals surface area contributed by atoms with Crippen LogP contribution in [0, 0.1) is 5.82 Å². The number of urea groups is 1. The van der Waals surface area contributed by atoms with Gasteiger partial charge in [-0.2, -0.15) is 0 Å². The van der Waals surface area contributed by atoms with Gasteiger partial charge in [-0.25, -0.2) is 19.2 Å². The highest BCUT2D eigenvalue weighted by molar-refractivity contribution is 5.99. The average Bonchev–Trinajstić information content (AvgIpc) is 3.51. The van der Waals surface area contributed by atoms with Crippen LogP contribution in [0.25, 0.3) is 22.5 Å². The Labute approximate surface area is 260 Å². The predicted octanol–water partition coefficient (Wildman–Crippen LogP) is 6.28. The van der Waals surface area contributed by atoms with Crippen LogP contribution in [0.5, 0.6) is 0 Å². The van der Waals surface area contributed by atoms with Gasteiger partial charge in [0.1, 0.15) is 17.0 Å². The maximum Gasteiger partial charge on any atom is 0.323 e. The van der Waals surface area contributed by atoms with Crippen molar-refractivity contribution in [1.29, 1.82) is 0 Å². The summed E-state index contributed by atoms with van der Waals surface area (Å²) in [5.74, 6) is 1.16. The van der Waals surface area contributed by atoms with E-state index in [0.29, 0.717) is 49.1 Å². The van der Waals surface area contributed by atoms with E-state index in [0.717, 1.165) is 55.1 Å². The Morgan fingerprint density at radius 1 is 0.844 bits per heavy atom. The highest BCUT2D eigenvalue weighted by atomic mass is 19.1. The zero-order valence-electron chi connectivity index (χ0n) is 24.8. The number of hydrogen-bond donors (Lipinski definition) is 2. The number of anilines is 3. The second-order valence-electron chi connectivity index (χ2n) is 11.4. The lowest BCUT2D eigenvalue weighted by molar-refractivity contribution is 0.122. The topological polar surface area (TPSA) is 109 Å². The van der Waals surface area contributed by atoms with E-state index in [1.807, 2.05) is 12.1 Å². The van der Waals surface area contributed by atoms with Crippen LogP contribution in [0.1, 0.15) is 30.0 Å². The van der Waals surface area contributed by atoms with E-state index in [9.17, 15) is 9.18 Å². The number of ether oxygens (including phenoxy) is 1. The number of carbonyl (C=O) groups is 1. The number of amides is 2. The lowest BCUT2D eigenvalue weighted by Gasteiger charge is -2.31. The van der Waals surface area contributed by atoms with Crippen molar-refractivity contribution in [2.45, 2.75) is 25.3 Å². The van der Waals surface area contributed by atoms with Crippen LogP contribution in [-0.2, 0) is 11.3 Å². The molecule has 2 aromatic heterocycles. The molecule has 7 rings (SSSR count). The number of fused-ring (bicyclic) bond motifs is 1. The second kappa shape index (κ2) is 13.0. The summed E-state index contributed by atoms with van der Waals surface area (Å²) in [4.78, 5) is 27.1. The molecule has 2 N–H and O–H groups in total. The average molecular weight is 608 g/mol. The van der Waals surface area contributed by atoms with Crippen molar-refractivity contribution in [1.82, 2.24) is 20.0 Å². The number of likely N-dealkylation sites (tertiary alicyclic amines) is 1. The number of rotatable bonds is 7. The standard InChI is InChI=1S/C34H34FN7O3/c35-26-8-12-28(13-9-26)37-34(43)36-27-10-6-25(7-11-27)32-38-30-29(40-45-31(30)33(39-32)42-18-20-44-21-19-42)24-14-16-41(17-15-24)22-23-4-2-1-3-5-23/h1-13,24H,14-22H2,(H2,36,37,43). The lowest BCUT2D eigenvalue weighted by atomic mass is 9.92. The van der Waals surface area contributed by atoms with E-state index in [-0.39, 0.29) is 11.7 Å². The molecule has 0 saturated carbocycles. The van der Waals surface area contributed by atoms with E-state index in [1.54, 1.807) is 12.1 Å². The number of morpholine rings is 1. The smallest absolute Gasteiger partial charge is 0.323 e. The summed E-state index contributed by atoms with van der Waals surface area (Å²) >= 11 is 0. The molecule has 2 saturated heterocycles. The first-order valence-corrected chi connectivity index (χ1v) is 15.3. The highest BCUT2D eigenvalue weighted by Crippen LogP contribution is 2.36. The molecule has 2 amide bonds. The van der Waals surface area contributed by atoms with Gasteiger partial charge in [-0.05, 0) is 80.0 Å². The van der Waals surface area contributed by atoms with Crippen molar-refractivity contribution < 1.29 is 18.4 Å². The van der Waals surface area contributed by atoms with Gasteiger partial charge in [0, 0.05) is 42.5 Å². The molecule has 0 spiro atoms. The molecule has 4 heterocycles. The molecule has 5 aromatic rings. The van der Waals surface area contributed by atoms with Crippen LogP contribution in [0.3, 0.4) is 0 Å². The van der Waals surface area contributed by atoms with Crippen molar-refractivity contribution in [3.8, 4) is 11.4 Å². The number of nitrogens with zero attached hydrogens (tertiary/aromatic N) is 5. The summed E-state index contributed by atoms with van der Waals surface area (Å²) in [6.07, 6.45) is 1.95. The van der Waals surface area contributed by atoms with Crippen LogP contribution in [0.2, 0.25) is 0 Å². The normalized spacial score (nSPS) is 16.2. The number of nitrogens with one attached hydrogen (secondary N) is 2. The SMILES string of the molecule is O=C(Nc1ccc(F)cc1)Nc1ccc(-c2nc(N3CCOCC3)c3onc(C4CCN(Cc5ccccc5)CC4)c3n2)cc1. The minimum Gasteiger partial charge on any atom is -0.378 e. The zero-order valence-corrected chi connectivity index (χ0v) is 24.8. The van der Waals surface area contributed by atoms with Gasteiger partial charge in [0.05, 0.1) is 13.2 Å². The summed E-state index contributed by atoms with van der Waals surface area (Å²) in [5.41, 5.74) is 5.47. The number of carbonyl (C=O) groups excluding carboxylic acids is 1. The Kier molecular flexibility index (Phi) is 8.35. The van der Waals surface area contributed by atoms with E-state index in [2.05, 4.69) is 55.9 Å². The quantitative estimate of drug-likeness (QED) is 0.223. The lowest BCUT2D eigenvalue weighted by Crippen LogP contribution is -2.37. The van der Waals surface area contributed by atoms with Gasteiger partial charge < -0.3 is 24.8 Å². The number of benzene rings is 3. The second-order valence-corrected chi connectivity index (χ2v) is 11.4. The van der Waals surface area contributed by atoms with Crippen LogP contribution < -0.4 is 15.5 Å². The van der Waals surface area contributed by atoms with Gasteiger partial charge >= 0.3 is 6.03 Å². The first-order valence-electron chi connectivity index (χ1n) is 15.3. The largest absolute Gasteiger partial charge is 0.378 e. The van der Waals surface area contributed by atoms with Crippen molar-refractivity contribution in [2.75, 3.05) is 54.9 Å². The molecular weight excluding hydrogens is 573 g/mol. The summed E-state index contributed by atoms with van der Waals surface area (Å²) < 4.78 is 24.8. The Balaban J connectivity index is 1.12. The van der Waals surface area contributed by atoms with Gasteiger partial charge in [0.2, 0.25) is 5.58 Å². The van der Waals surface area contributed by atoms with Gasteiger partial charge in [-0.3, -0.25) is 4.90 Å². The molecule has 0 radical (unpaired) electrons. The molecule has 45 heavy (non-hydrogen) atoms.